The highest BCUT2D eigenvalue weighted by atomic mass is 16.5. The van der Waals surface area contributed by atoms with Gasteiger partial charge in [0.2, 0.25) is 0 Å². The van der Waals surface area contributed by atoms with Gasteiger partial charge < -0.3 is 4.74 Å². The zero-order valence-electron chi connectivity index (χ0n) is 20.2. The van der Waals surface area contributed by atoms with Crippen LogP contribution in [0, 0.1) is 6.92 Å². The van der Waals surface area contributed by atoms with Crippen molar-refractivity contribution in [3.05, 3.63) is 118 Å². The maximum Gasteiger partial charge on any atom is 0.267 e. The quantitative estimate of drug-likeness (QED) is 0.406. The van der Waals surface area contributed by atoms with Crippen molar-refractivity contribution in [1.82, 2.24) is 14.8 Å². The van der Waals surface area contributed by atoms with Crippen molar-refractivity contribution in [3.8, 4) is 17.0 Å². The highest BCUT2D eigenvalue weighted by Crippen LogP contribution is 2.33. The molecule has 0 aliphatic carbocycles. The summed E-state index contributed by atoms with van der Waals surface area (Å²) < 4.78 is 6.47. The molecule has 4 aromatic rings. The van der Waals surface area contributed by atoms with Crippen LogP contribution in [0.5, 0.6) is 5.75 Å². The van der Waals surface area contributed by atoms with Gasteiger partial charge in [-0.1, -0.05) is 60.2 Å². The van der Waals surface area contributed by atoms with Crippen LogP contribution >= 0.6 is 0 Å². The largest absolute Gasteiger partial charge is 0.497 e. The van der Waals surface area contributed by atoms with Crippen LogP contribution in [0.4, 0.5) is 0 Å². The average Bonchev–Trinajstić information content (AvgIpc) is 3.36. The van der Waals surface area contributed by atoms with Crippen molar-refractivity contribution < 1.29 is 9.53 Å². The minimum absolute atomic E-state index is 0.207. The van der Waals surface area contributed by atoms with E-state index in [0.29, 0.717) is 12.1 Å². The number of benzene rings is 3. The van der Waals surface area contributed by atoms with Crippen molar-refractivity contribution >= 4 is 11.6 Å². The van der Waals surface area contributed by atoms with Crippen molar-refractivity contribution in [1.29, 1.82) is 0 Å². The number of nitrogens with zero attached hydrogens (tertiary/aromatic N) is 4. The fourth-order valence-electron chi connectivity index (χ4n) is 4.27. The fraction of sp³-hybridized carbons (Fsp3) is 0.172. The monoisotopic (exact) mass is 478 g/mol. The normalized spacial score (nSPS) is 15.0. The topological polar surface area (TPSA) is 76.8 Å². The van der Waals surface area contributed by atoms with Crippen LogP contribution < -0.4 is 10.3 Å². The van der Waals surface area contributed by atoms with E-state index in [1.54, 1.807) is 13.2 Å². The van der Waals surface area contributed by atoms with Gasteiger partial charge in [0.25, 0.3) is 11.5 Å². The molecular formula is C29H26N4O3. The predicted octanol–water partition coefficient (Wildman–Crippen LogP) is 4.61. The second-order valence-corrected chi connectivity index (χ2v) is 8.72. The molecule has 0 bridgehead atoms. The molecule has 0 saturated heterocycles. The highest BCUT2D eigenvalue weighted by Gasteiger charge is 2.33. The van der Waals surface area contributed by atoms with Gasteiger partial charge in [-0.2, -0.15) is 10.2 Å². The summed E-state index contributed by atoms with van der Waals surface area (Å²) >= 11 is 0. The molecular weight excluding hydrogens is 452 g/mol. The number of hydrazone groups is 1. The van der Waals surface area contributed by atoms with Crippen LogP contribution in [-0.2, 0) is 11.3 Å². The highest BCUT2D eigenvalue weighted by molar-refractivity contribution is 6.03. The number of hydrogen-bond donors (Lipinski definition) is 0. The number of hydrogen-bond acceptors (Lipinski definition) is 5. The summed E-state index contributed by atoms with van der Waals surface area (Å²) in [7, 11) is 1.62. The number of amides is 1. The van der Waals surface area contributed by atoms with Gasteiger partial charge in [0.05, 0.1) is 24.6 Å². The van der Waals surface area contributed by atoms with Crippen molar-refractivity contribution in [2.45, 2.75) is 25.9 Å². The Morgan fingerprint density at radius 3 is 2.33 bits per heavy atom. The lowest BCUT2D eigenvalue weighted by molar-refractivity contribution is -0.133. The van der Waals surface area contributed by atoms with E-state index in [1.807, 2.05) is 85.8 Å². The minimum Gasteiger partial charge on any atom is -0.497 e. The molecule has 1 aliphatic heterocycles. The predicted molar refractivity (Wildman–Crippen MR) is 139 cm³/mol. The molecule has 3 aromatic carbocycles. The van der Waals surface area contributed by atoms with Gasteiger partial charge in [-0.15, -0.1) is 0 Å². The van der Waals surface area contributed by atoms with Gasteiger partial charge in [0, 0.05) is 18.1 Å². The van der Waals surface area contributed by atoms with Gasteiger partial charge in [-0.05, 0) is 48.4 Å². The van der Waals surface area contributed by atoms with Crippen molar-refractivity contribution in [2.75, 3.05) is 7.11 Å². The number of carbonyl (C=O) groups is 1. The molecule has 7 nitrogen and oxygen atoms in total. The van der Waals surface area contributed by atoms with E-state index in [-0.39, 0.29) is 24.1 Å². The zero-order valence-corrected chi connectivity index (χ0v) is 20.2. The third kappa shape index (κ3) is 4.81. The number of aromatic nitrogens is 2. The summed E-state index contributed by atoms with van der Waals surface area (Å²) in [6, 6.07) is 28.1. The lowest BCUT2D eigenvalue weighted by Gasteiger charge is -2.22. The van der Waals surface area contributed by atoms with Crippen LogP contribution in [0.1, 0.15) is 29.2 Å². The summed E-state index contributed by atoms with van der Waals surface area (Å²) in [5.74, 6) is 0.452. The molecule has 1 aliphatic rings. The third-order valence-corrected chi connectivity index (χ3v) is 6.27. The first-order chi connectivity index (χ1) is 17.5. The first-order valence-electron chi connectivity index (χ1n) is 11.8. The summed E-state index contributed by atoms with van der Waals surface area (Å²) in [6.07, 6.45) is 0.563. The molecule has 0 N–H and O–H groups in total. The lowest BCUT2D eigenvalue weighted by atomic mass is 9.97. The molecule has 0 fully saturated rings. The van der Waals surface area contributed by atoms with Crippen LogP contribution in [-0.4, -0.2) is 33.5 Å². The van der Waals surface area contributed by atoms with E-state index in [9.17, 15) is 9.59 Å². The van der Waals surface area contributed by atoms with Crippen LogP contribution in [0.2, 0.25) is 0 Å². The fourth-order valence-corrected chi connectivity index (χ4v) is 4.27. The van der Waals surface area contributed by atoms with E-state index < -0.39 is 0 Å². The molecule has 0 saturated carbocycles. The molecule has 180 valence electrons. The summed E-state index contributed by atoms with van der Waals surface area (Å²) in [5.41, 5.74) is 5.01. The minimum atomic E-state index is -0.339. The Morgan fingerprint density at radius 1 is 0.917 bits per heavy atom. The number of aryl methyl sites for hydroxylation is 1. The molecule has 36 heavy (non-hydrogen) atoms. The van der Waals surface area contributed by atoms with E-state index in [4.69, 9.17) is 9.84 Å². The molecule has 0 spiro atoms. The second-order valence-electron chi connectivity index (χ2n) is 8.72. The summed E-state index contributed by atoms with van der Waals surface area (Å²) in [5, 5.41) is 10.7. The number of ether oxygens (including phenoxy) is 1. The lowest BCUT2D eigenvalue weighted by Crippen LogP contribution is -2.34. The van der Waals surface area contributed by atoms with Crippen LogP contribution in [0.15, 0.2) is 101 Å². The van der Waals surface area contributed by atoms with Crippen molar-refractivity contribution in [2.24, 2.45) is 5.10 Å². The second kappa shape index (κ2) is 10.00. The number of carbonyl (C=O) groups excluding carboxylic acids is 1. The van der Waals surface area contributed by atoms with Crippen LogP contribution in [0.3, 0.4) is 0 Å². The molecule has 1 unspecified atom stereocenters. The molecule has 5 rings (SSSR count). The maximum absolute atomic E-state index is 13.5. The molecule has 2 heterocycles. The van der Waals surface area contributed by atoms with E-state index >= 15 is 0 Å². The molecule has 1 atom stereocenters. The van der Waals surface area contributed by atoms with E-state index in [0.717, 1.165) is 33.7 Å². The van der Waals surface area contributed by atoms with Gasteiger partial charge >= 0.3 is 0 Å². The third-order valence-electron chi connectivity index (χ3n) is 6.27. The number of methoxy groups -OCH3 is 1. The Hall–Kier alpha value is -4.52. The Bertz CT molecular complexity index is 1460. The summed E-state index contributed by atoms with van der Waals surface area (Å²) in [6.45, 7) is 1.82. The van der Waals surface area contributed by atoms with Crippen molar-refractivity contribution in [3.63, 3.8) is 0 Å². The Morgan fingerprint density at radius 2 is 1.64 bits per heavy atom. The molecule has 7 heteroatoms. The van der Waals surface area contributed by atoms with Gasteiger partial charge in [0.15, 0.2) is 0 Å². The Balaban J connectivity index is 1.46. The Labute approximate surface area is 209 Å². The molecule has 1 amide bonds. The SMILES string of the molecule is COc1ccc(C2=NN(C(=O)Cn3nc(-c4ccccc4)ccc3=O)C(c3ccc(C)cc3)C2)cc1. The van der Waals surface area contributed by atoms with E-state index in [1.165, 1.54) is 15.8 Å². The smallest absolute Gasteiger partial charge is 0.267 e. The van der Waals surface area contributed by atoms with E-state index in [2.05, 4.69) is 5.10 Å². The zero-order chi connectivity index (χ0) is 25.1. The first-order valence-corrected chi connectivity index (χ1v) is 11.8. The summed E-state index contributed by atoms with van der Waals surface area (Å²) in [4.78, 5) is 26.1. The van der Waals surface area contributed by atoms with Gasteiger partial charge in [-0.3, -0.25) is 9.59 Å². The average molecular weight is 479 g/mol. The Kier molecular flexibility index (Phi) is 6.45. The standard InChI is InChI=1S/C29H26N4O3/c1-20-8-10-23(11-9-20)27-18-26(22-12-14-24(36-2)15-13-22)31-33(27)29(35)19-32-28(34)17-16-25(30-32)21-6-4-3-5-7-21/h3-17,27H,18-19H2,1-2H3. The van der Waals surface area contributed by atoms with Gasteiger partial charge in [0.1, 0.15) is 12.3 Å². The molecule has 0 radical (unpaired) electrons. The maximum atomic E-state index is 13.5. The van der Waals surface area contributed by atoms with Gasteiger partial charge in [-0.25, -0.2) is 9.69 Å². The molecule has 1 aromatic heterocycles. The van der Waals surface area contributed by atoms with Crippen LogP contribution in [0.25, 0.3) is 11.3 Å². The first kappa shape index (κ1) is 23.2. The number of rotatable bonds is 6.